The number of furan rings is 1. The molecule has 0 saturated heterocycles. The largest absolute Gasteiger partial charge is 0.504 e. The van der Waals surface area contributed by atoms with Crippen LogP contribution in [0.2, 0.25) is 0 Å². The predicted molar refractivity (Wildman–Crippen MR) is 136 cm³/mol. The van der Waals surface area contributed by atoms with Gasteiger partial charge in [-0.05, 0) is 74.8 Å². The molecule has 2 aromatic rings. The van der Waals surface area contributed by atoms with Crippen LogP contribution in [-0.4, -0.2) is 69.8 Å². The Hall–Kier alpha value is -2.77. The van der Waals surface area contributed by atoms with Gasteiger partial charge in [0.1, 0.15) is 6.10 Å². The molecule has 1 aromatic heterocycles. The Morgan fingerprint density at radius 2 is 2.08 bits per heavy atom. The zero-order chi connectivity index (χ0) is 25.0. The van der Waals surface area contributed by atoms with Crippen LogP contribution in [0.1, 0.15) is 61.6 Å². The van der Waals surface area contributed by atoms with E-state index in [1.54, 1.807) is 48.8 Å². The van der Waals surface area contributed by atoms with Gasteiger partial charge in [0.05, 0.1) is 30.1 Å². The topological polar surface area (TPSA) is 86.4 Å². The van der Waals surface area contributed by atoms with E-state index in [0.717, 1.165) is 48.5 Å². The van der Waals surface area contributed by atoms with Gasteiger partial charge in [0.15, 0.2) is 11.5 Å². The molecule has 2 N–H and O–H groups in total. The SMILES string of the molecule is CCCN(CC1CC1)[C@@H]1Cc2ccc(O)c3c2C2C(O3)C(N(C)C(=O)/C=C/c3ccoc3)CC[C@]21O. The number of rotatable bonds is 8. The molecule has 0 bridgehead atoms. The van der Waals surface area contributed by atoms with Gasteiger partial charge in [-0.2, -0.15) is 0 Å². The van der Waals surface area contributed by atoms with Crippen molar-refractivity contribution in [2.45, 2.75) is 75.2 Å². The Morgan fingerprint density at radius 1 is 1.25 bits per heavy atom. The van der Waals surface area contributed by atoms with Crippen LogP contribution < -0.4 is 4.74 Å². The summed E-state index contributed by atoms with van der Waals surface area (Å²) in [5.41, 5.74) is 1.96. The van der Waals surface area contributed by atoms with E-state index in [1.807, 2.05) is 6.07 Å². The Bertz CT molecular complexity index is 1160. The summed E-state index contributed by atoms with van der Waals surface area (Å²) in [4.78, 5) is 17.4. The van der Waals surface area contributed by atoms with E-state index < -0.39 is 11.7 Å². The first-order valence-corrected chi connectivity index (χ1v) is 13.4. The van der Waals surface area contributed by atoms with Crippen LogP contribution in [-0.2, 0) is 11.2 Å². The first-order valence-electron chi connectivity index (χ1n) is 13.4. The van der Waals surface area contributed by atoms with Crippen molar-refractivity contribution in [3.8, 4) is 11.5 Å². The first kappa shape index (κ1) is 23.6. The second-order valence-electron chi connectivity index (χ2n) is 11.1. The molecular formula is C29H36N2O5. The van der Waals surface area contributed by atoms with E-state index in [0.29, 0.717) is 18.6 Å². The monoisotopic (exact) mass is 492 g/mol. The number of hydrogen-bond acceptors (Lipinski definition) is 6. The number of hydrogen-bond donors (Lipinski definition) is 2. The minimum atomic E-state index is -0.964. The molecule has 1 aromatic carbocycles. The number of benzene rings is 1. The molecule has 6 rings (SSSR count). The summed E-state index contributed by atoms with van der Waals surface area (Å²) in [6.07, 6.45) is 11.6. The molecule has 36 heavy (non-hydrogen) atoms. The molecular weight excluding hydrogens is 456 g/mol. The minimum absolute atomic E-state index is 0.0000809. The van der Waals surface area contributed by atoms with E-state index in [2.05, 4.69) is 11.8 Å². The fourth-order valence-corrected chi connectivity index (χ4v) is 6.90. The van der Waals surface area contributed by atoms with Crippen LogP contribution in [0, 0.1) is 5.92 Å². The minimum Gasteiger partial charge on any atom is -0.504 e. The van der Waals surface area contributed by atoms with Gasteiger partial charge in [-0.3, -0.25) is 9.69 Å². The second-order valence-corrected chi connectivity index (χ2v) is 11.1. The van der Waals surface area contributed by atoms with Crippen molar-refractivity contribution < 1.29 is 24.2 Å². The summed E-state index contributed by atoms with van der Waals surface area (Å²) >= 11 is 0. The van der Waals surface area contributed by atoms with Crippen LogP contribution in [0.5, 0.6) is 11.5 Å². The van der Waals surface area contributed by atoms with Crippen molar-refractivity contribution in [2.75, 3.05) is 20.1 Å². The zero-order valence-electron chi connectivity index (χ0n) is 21.1. The smallest absolute Gasteiger partial charge is 0.246 e. The van der Waals surface area contributed by atoms with Gasteiger partial charge in [-0.25, -0.2) is 0 Å². The number of aliphatic hydroxyl groups is 1. The highest BCUT2D eigenvalue weighted by molar-refractivity contribution is 5.91. The van der Waals surface area contributed by atoms with Gasteiger partial charge < -0.3 is 24.3 Å². The van der Waals surface area contributed by atoms with E-state index >= 15 is 0 Å². The molecule has 0 radical (unpaired) electrons. The van der Waals surface area contributed by atoms with Gasteiger partial charge in [0.2, 0.25) is 5.91 Å². The lowest BCUT2D eigenvalue weighted by Crippen LogP contribution is -2.66. The molecule has 1 amide bonds. The van der Waals surface area contributed by atoms with Crippen molar-refractivity contribution in [1.29, 1.82) is 0 Å². The van der Waals surface area contributed by atoms with Crippen LogP contribution in [0.3, 0.4) is 0 Å². The average molecular weight is 493 g/mol. The van der Waals surface area contributed by atoms with Crippen LogP contribution in [0.15, 0.2) is 41.2 Å². The van der Waals surface area contributed by atoms with Crippen molar-refractivity contribution in [1.82, 2.24) is 9.80 Å². The molecule has 2 saturated carbocycles. The van der Waals surface area contributed by atoms with Gasteiger partial charge >= 0.3 is 0 Å². The predicted octanol–water partition coefficient (Wildman–Crippen LogP) is 3.94. The number of phenolic OH excluding ortho intramolecular Hbond substituents is 1. The Kier molecular flexibility index (Phi) is 5.88. The van der Waals surface area contributed by atoms with E-state index in [1.165, 1.54) is 12.8 Å². The maximum atomic E-state index is 13.1. The Morgan fingerprint density at radius 3 is 2.81 bits per heavy atom. The normalized spacial score (nSPS) is 30.4. The lowest BCUT2D eigenvalue weighted by Gasteiger charge is -2.55. The van der Waals surface area contributed by atoms with Crippen molar-refractivity contribution in [3.05, 3.63) is 53.5 Å². The van der Waals surface area contributed by atoms with Gasteiger partial charge in [0.25, 0.3) is 0 Å². The zero-order valence-corrected chi connectivity index (χ0v) is 21.1. The third-order valence-corrected chi connectivity index (χ3v) is 8.86. The molecule has 4 aliphatic rings. The molecule has 0 spiro atoms. The summed E-state index contributed by atoms with van der Waals surface area (Å²) < 4.78 is 11.5. The number of amides is 1. The maximum Gasteiger partial charge on any atom is 0.246 e. The number of phenols is 1. The highest BCUT2D eigenvalue weighted by Crippen LogP contribution is 2.59. The van der Waals surface area contributed by atoms with Gasteiger partial charge in [-0.15, -0.1) is 0 Å². The molecule has 1 aliphatic heterocycles. The molecule has 5 atom stereocenters. The quantitative estimate of drug-likeness (QED) is 0.543. The summed E-state index contributed by atoms with van der Waals surface area (Å²) in [5, 5.41) is 23.1. The molecule has 2 heterocycles. The van der Waals surface area contributed by atoms with Gasteiger partial charge in [0, 0.05) is 36.8 Å². The van der Waals surface area contributed by atoms with E-state index in [9.17, 15) is 15.0 Å². The molecule has 7 nitrogen and oxygen atoms in total. The van der Waals surface area contributed by atoms with Crippen molar-refractivity contribution >= 4 is 12.0 Å². The summed E-state index contributed by atoms with van der Waals surface area (Å²) in [5.74, 6) is 0.933. The molecule has 3 unspecified atom stereocenters. The Balaban J connectivity index is 1.33. The third kappa shape index (κ3) is 3.84. The molecule has 3 aliphatic carbocycles. The number of carbonyl (C=O) groups is 1. The fourth-order valence-electron chi connectivity index (χ4n) is 6.90. The van der Waals surface area contributed by atoms with Crippen LogP contribution >= 0.6 is 0 Å². The molecule has 2 fully saturated rings. The maximum absolute atomic E-state index is 13.1. The lowest BCUT2D eigenvalue weighted by molar-refractivity contribution is -0.144. The number of aromatic hydroxyl groups is 1. The van der Waals surface area contributed by atoms with E-state index in [4.69, 9.17) is 9.15 Å². The van der Waals surface area contributed by atoms with Crippen LogP contribution in [0.25, 0.3) is 6.08 Å². The number of nitrogens with zero attached hydrogens (tertiary/aromatic N) is 2. The summed E-state index contributed by atoms with van der Waals surface area (Å²) in [7, 11) is 1.81. The fraction of sp³-hybridized carbons (Fsp3) is 0.552. The third-order valence-electron chi connectivity index (χ3n) is 8.86. The highest BCUT2D eigenvalue weighted by Gasteiger charge is 2.62. The van der Waals surface area contributed by atoms with E-state index in [-0.39, 0.29) is 29.7 Å². The first-order chi connectivity index (χ1) is 17.4. The lowest BCUT2D eigenvalue weighted by atomic mass is 9.60. The number of likely N-dealkylation sites (N-methyl/N-ethyl adjacent to an activating group) is 1. The second kappa shape index (κ2) is 8.96. The molecule has 192 valence electrons. The highest BCUT2D eigenvalue weighted by atomic mass is 16.5. The van der Waals surface area contributed by atoms with Gasteiger partial charge in [-0.1, -0.05) is 13.0 Å². The van der Waals surface area contributed by atoms with Crippen molar-refractivity contribution in [3.63, 3.8) is 0 Å². The number of ether oxygens (including phenoxy) is 1. The van der Waals surface area contributed by atoms with Crippen LogP contribution in [0.4, 0.5) is 0 Å². The Labute approximate surface area is 212 Å². The summed E-state index contributed by atoms with van der Waals surface area (Å²) in [6.45, 7) is 4.19. The standard InChI is InChI=1S/C29H36N2O5/c1-3-13-31(16-18-4-5-18)23-15-20-7-8-22(32)28-25(20)26-27(36-28)21(10-12-29(23,26)34)30(2)24(33)9-6-19-11-14-35-17-19/h6-9,11,14,17-18,21,23,26-27,32,34H,3-5,10,12-13,15-16H2,1-2H3/b9-6+/t21?,23-,26?,27?,29-/m1/s1. The average Bonchev–Trinajstić information content (AvgIpc) is 3.35. The van der Waals surface area contributed by atoms with Crippen molar-refractivity contribution in [2.24, 2.45) is 5.92 Å². The molecule has 7 heteroatoms. The summed E-state index contributed by atoms with van der Waals surface area (Å²) in [6, 6.07) is 5.31. The number of carbonyl (C=O) groups excluding carboxylic acids is 1.